The molecule has 0 aromatic rings. The number of rotatable bonds is 1. The van der Waals surface area contributed by atoms with Gasteiger partial charge in [0, 0.05) is 6.61 Å². The van der Waals surface area contributed by atoms with E-state index in [0.29, 0.717) is 11.5 Å². The van der Waals surface area contributed by atoms with Crippen molar-refractivity contribution in [3.63, 3.8) is 0 Å². The van der Waals surface area contributed by atoms with E-state index in [1.165, 1.54) is 12.8 Å². The molecule has 0 bridgehead atoms. The van der Waals surface area contributed by atoms with E-state index < -0.39 is 0 Å². The third-order valence-electron chi connectivity index (χ3n) is 1.63. The molecule has 1 heteroatoms. The second kappa shape index (κ2) is 2.30. The Morgan fingerprint density at radius 1 is 1.44 bits per heavy atom. The molecule has 0 saturated carbocycles. The highest BCUT2D eigenvalue weighted by Crippen LogP contribution is 2.27. The minimum Gasteiger partial charge on any atom is -0.378 e. The van der Waals surface area contributed by atoms with Crippen LogP contribution >= 0.6 is 0 Å². The Labute approximate surface area is 57.4 Å². The summed E-state index contributed by atoms with van der Waals surface area (Å²) in [5, 5.41) is 0. The molecule has 54 valence electrons. The largest absolute Gasteiger partial charge is 0.378 e. The van der Waals surface area contributed by atoms with Crippen LogP contribution in [0.4, 0.5) is 0 Å². The summed E-state index contributed by atoms with van der Waals surface area (Å²) >= 11 is 0. The summed E-state index contributed by atoms with van der Waals surface area (Å²) < 4.78 is 5.31. The monoisotopic (exact) mass is 128 g/mol. The zero-order valence-electron chi connectivity index (χ0n) is 6.61. The zero-order chi connectivity index (χ0) is 6.91. The van der Waals surface area contributed by atoms with E-state index in [1.807, 2.05) is 0 Å². The Hall–Kier alpha value is -0.0400. The minimum atomic E-state index is 0.449. The molecule has 0 spiro atoms. The second-order valence-corrected chi connectivity index (χ2v) is 4.05. The fraction of sp³-hybridized carbons (Fsp3) is 1.00. The van der Waals surface area contributed by atoms with E-state index in [1.54, 1.807) is 0 Å². The summed E-state index contributed by atoms with van der Waals surface area (Å²) in [4.78, 5) is 0. The van der Waals surface area contributed by atoms with E-state index in [4.69, 9.17) is 4.74 Å². The first-order valence-corrected chi connectivity index (χ1v) is 3.69. The molecule has 0 unspecified atom stereocenters. The van der Waals surface area contributed by atoms with Crippen molar-refractivity contribution in [3.05, 3.63) is 0 Å². The van der Waals surface area contributed by atoms with Gasteiger partial charge in [-0.15, -0.1) is 0 Å². The molecule has 1 atom stereocenters. The fourth-order valence-electron chi connectivity index (χ4n) is 1.13. The quantitative estimate of drug-likeness (QED) is 0.526. The van der Waals surface area contributed by atoms with Crippen molar-refractivity contribution in [3.8, 4) is 0 Å². The molecule has 9 heavy (non-hydrogen) atoms. The third-order valence-corrected chi connectivity index (χ3v) is 1.63. The van der Waals surface area contributed by atoms with Crippen LogP contribution in [0.2, 0.25) is 0 Å². The van der Waals surface area contributed by atoms with Gasteiger partial charge in [-0.25, -0.2) is 0 Å². The zero-order valence-corrected chi connectivity index (χ0v) is 6.61. The highest BCUT2D eigenvalue weighted by molar-refractivity contribution is 4.73. The molecule has 0 aliphatic carbocycles. The van der Waals surface area contributed by atoms with E-state index in [9.17, 15) is 0 Å². The van der Waals surface area contributed by atoms with Crippen molar-refractivity contribution in [1.82, 2.24) is 0 Å². The molecule has 0 N–H and O–H groups in total. The second-order valence-electron chi connectivity index (χ2n) is 4.05. The van der Waals surface area contributed by atoms with Crippen molar-refractivity contribution in [2.24, 2.45) is 5.41 Å². The summed E-state index contributed by atoms with van der Waals surface area (Å²) in [5.74, 6) is 0. The smallest absolute Gasteiger partial charge is 0.0602 e. The maximum Gasteiger partial charge on any atom is 0.0602 e. The van der Waals surface area contributed by atoms with Gasteiger partial charge in [0.1, 0.15) is 0 Å². The molecule has 1 nitrogen and oxygen atoms in total. The van der Waals surface area contributed by atoms with Crippen LogP contribution in [-0.2, 0) is 4.74 Å². The van der Waals surface area contributed by atoms with Crippen molar-refractivity contribution >= 4 is 0 Å². The molecule has 1 saturated heterocycles. The van der Waals surface area contributed by atoms with Gasteiger partial charge in [-0.05, 0) is 18.3 Å². The lowest BCUT2D eigenvalue weighted by Crippen LogP contribution is -2.30. The molecule has 0 amide bonds. The predicted molar refractivity (Wildman–Crippen MR) is 38.4 cm³/mol. The van der Waals surface area contributed by atoms with Gasteiger partial charge in [0.2, 0.25) is 0 Å². The van der Waals surface area contributed by atoms with Gasteiger partial charge in [0.15, 0.2) is 0 Å². The van der Waals surface area contributed by atoms with Gasteiger partial charge in [-0.3, -0.25) is 0 Å². The molecule has 1 heterocycles. The number of ether oxygens (including phenoxy) is 1. The molecular weight excluding hydrogens is 112 g/mol. The average molecular weight is 128 g/mol. The highest BCUT2D eigenvalue weighted by Gasteiger charge is 2.24. The summed E-state index contributed by atoms with van der Waals surface area (Å²) in [6, 6.07) is 0. The standard InChI is InChI=1S/C8H16O/c1-8(2,3)6-7-4-5-9-7/h7H,4-6H2,1-3H3/t7-/m0/s1. The Kier molecular flexibility index (Phi) is 1.80. The minimum absolute atomic E-state index is 0.449. The maximum atomic E-state index is 5.31. The molecule has 0 radical (unpaired) electrons. The van der Waals surface area contributed by atoms with E-state index in [-0.39, 0.29) is 0 Å². The van der Waals surface area contributed by atoms with Crippen LogP contribution in [0.15, 0.2) is 0 Å². The van der Waals surface area contributed by atoms with Crippen LogP contribution in [0.1, 0.15) is 33.6 Å². The van der Waals surface area contributed by atoms with Crippen molar-refractivity contribution in [1.29, 1.82) is 0 Å². The lowest BCUT2D eigenvalue weighted by molar-refractivity contribution is -0.0697. The summed E-state index contributed by atoms with van der Waals surface area (Å²) in [6.07, 6.45) is 3.06. The van der Waals surface area contributed by atoms with Crippen LogP contribution in [0.25, 0.3) is 0 Å². The normalized spacial score (nSPS) is 27.7. The van der Waals surface area contributed by atoms with Crippen LogP contribution in [-0.4, -0.2) is 12.7 Å². The summed E-state index contributed by atoms with van der Waals surface area (Å²) in [5.41, 5.74) is 0.449. The van der Waals surface area contributed by atoms with Gasteiger partial charge >= 0.3 is 0 Å². The Morgan fingerprint density at radius 3 is 2.11 bits per heavy atom. The fourth-order valence-corrected chi connectivity index (χ4v) is 1.13. The van der Waals surface area contributed by atoms with Gasteiger partial charge in [-0.2, -0.15) is 0 Å². The highest BCUT2D eigenvalue weighted by atomic mass is 16.5. The topological polar surface area (TPSA) is 9.23 Å². The molecule has 1 fully saturated rings. The third kappa shape index (κ3) is 2.35. The van der Waals surface area contributed by atoms with Crippen molar-refractivity contribution < 1.29 is 4.74 Å². The van der Waals surface area contributed by atoms with Crippen molar-refractivity contribution in [2.75, 3.05) is 6.61 Å². The molecule has 1 aliphatic rings. The van der Waals surface area contributed by atoms with Gasteiger partial charge in [-0.1, -0.05) is 20.8 Å². The predicted octanol–water partition coefficient (Wildman–Crippen LogP) is 2.21. The first-order chi connectivity index (χ1) is 4.08. The molecule has 1 aliphatic heterocycles. The molecular formula is C8H16O. The lowest BCUT2D eigenvalue weighted by Gasteiger charge is -2.32. The molecule has 0 aromatic carbocycles. The summed E-state index contributed by atoms with van der Waals surface area (Å²) in [7, 11) is 0. The van der Waals surface area contributed by atoms with Crippen LogP contribution in [0.3, 0.4) is 0 Å². The first-order valence-electron chi connectivity index (χ1n) is 3.69. The molecule has 1 rings (SSSR count). The number of hydrogen-bond donors (Lipinski definition) is 0. The summed E-state index contributed by atoms with van der Waals surface area (Å²) in [6.45, 7) is 7.76. The van der Waals surface area contributed by atoms with Gasteiger partial charge < -0.3 is 4.74 Å². The number of hydrogen-bond acceptors (Lipinski definition) is 1. The van der Waals surface area contributed by atoms with Crippen LogP contribution in [0.5, 0.6) is 0 Å². The SMILES string of the molecule is CC(C)(C)C[C@@H]1CCO1. The van der Waals surface area contributed by atoms with Crippen molar-refractivity contribution in [2.45, 2.75) is 39.7 Å². The van der Waals surface area contributed by atoms with E-state index >= 15 is 0 Å². The first kappa shape index (κ1) is 7.07. The van der Waals surface area contributed by atoms with Gasteiger partial charge in [0.25, 0.3) is 0 Å². The van der Waals surface area contributed by atoms with E-state index in [2.05, 4.69) is 20.8 Å². The lowest BCUT2D eigenvalue weighted by atomic mass is 9.87. The maximum absolute atomic E-state index is 5.31. The Balaban J connectivity index is 2.16. The Morgan fingerprint density at radius 2 is 2.00 bits per heavy atom. The van der Waals surface area contributed by atoms with Crippen LogP contribution in [0, 0.1) is 5.41 Å². The average Bonchev–Trinajstić information content (AvgIpc) is 1.53. The van der Waals surface area contributed by atoms with Crippen LogP contribution < -0.4 is 0 Å². The molecule has 0 aromatic heterocycles. The van der Waals surface area contributed by atoms with Gasteiger partial charge in [0.05, 0.1) is 6.10 Å². The van der Waals surface area contributed by atoms with E-state index in [0.717, 1.165) is 6.61 Å². The Bertz CT molecular complexity index is 87.2.